The number of benzene rings is 1. The van der Waals surface area contributed by atoms with Gasteiger partial charge >= 0.3 is 6.09 Å². The van der Waals surface area contributed by atoms with Crippen molar-refractivity contribution in [2.45, 2.75) is 94.0 Å². The van der Waals surface area contributed by atoms with Crippen LogP contribution in [-0.2, 0) is 29.4 Å². The number of aromatic nitrogens is 2. The molecule has 0 saturated carbocycles. The Morgan fingerprint density at radius 1 is 1.09 bits per heavy atom. The number of carbonyl (C=O) groups is 1. The minimum absolute atomic E-state index is 0.166. The molecule has 0 radical (unpaired) electrons. The largest absolute Gasteiger partial charge is 0.444 e. The van der Waals surface area contributed by atoms with E-state index in [9.17, 15) is 4.79 Å². The standard InChI is InChI=1S/C28H36N4O2S/c1-27(2,3)34-26(33)32-19-9-10-20(32)17-31(16-19)24-21-12-14-28(15-23(21)29-25(30-24)35-4)13-11-18-7-5-6-8-22(18)28/h5-8,19-20H,9-17H2,1-4H3. The molecule has 2 aromatic rings. The summed E-state index contributed by atoms with van der Waals surface area (Å²) in [7, 11) is 0. The molecule has 3 unspecified atom stereocenters. The van der Waals surface area contributed by atoms with E-state index in [0.29, 0.717) is 0 Å². The van der Waals surface area contributed by atoms with Gasteiger partial charge in [0, 0.05) is 24.1 Å². The number of hydrogen-bond acceptors (Lipinski definition) is 6. The van der Waals surface area contributed by atoms with Crippen LogP contribution in [0.3, 0.4) is 0 Å². The molecule has 3 atom stereocenters. The monoisotopic (exact) mass is 492 g/mol. The third kappa shape index (κ3) is 4.00. The molecule has 2 bridgehead atoms. The van der Waals surface area contributed by atoms with Crippen molar-refractivity contribution in [3.05, 3.63) is 46.6 Å². The van der Waals surface area contributed by atoms with E-state index in [1.54, 1.807) is 17.3 Å². The topological polar surface area (TPSA) is 58.6 Å². The summed E-state index contributed by atoms with van der Waals surface area (Å²) in [6.07, 6.45) is 9.55. The van der Waals surface area contributed by atoms with Gasteiger partial charge in [0.05, 0.1) is 17.8 Å². The number of ether oxygens (including phenoxy) is 1. The predicted octanol–water partition coefficient (Wildman–Crippen LogP) is 5.16. The van der Waals surface area contributed by atoms with Gasteiger partial charge in [0.1, 0.15) is 11.4 Å². The number of piperazine rings is 1. The molecule has 186 valence electrons. The van der Waals surface area contributed by atoms with Crippen LogP contribution in [0.15, 0.2) is 29.4 Å². The van der Waals surface area contributed by atoms with Crippen LogP contribution in [0.5, 0.6) is 0 Å². The maximum absolute atomic E-state index is 13.0. The molecule has 2 aliphatic carbocycles. The molecule has 0 N–H and O–H groups in total. The zero-order chi connectivity index (χ0) is 24.4. The molecule has 1 aromatic carbocycles. The summed E-state index contributed by atoms with van der Waals surface area (Å²) in [5.74, 6) is 1.11. The molecule has 2 saturated heterocycles. The van der Waals surface area contributed by atoms with Crippen molar-refractivity contribution < 1.29 is 9.53 Å². The second kappa shape index (κ2) is 8.39. The van der Waals surface area contributed by atoms with Gasteiger partial charge in [-0.3, -0.25) is 4.90 Å². The quantitative estimate of drug-likeness (QED) is 0.426. The Labute approximate surface area is 212 Å². The molecule has 6 rings (SSSR count). The number of hydrogen-bond donors (Lipinski definition) is 0. The molecule has 1 aromatic heterocycles. The molecular weight excluding hydrogens is 456 g/mol. The molecular formula is C28H36N4O2S. The zero-order valence-corrected chi connectivity index (χ0v) is 22.2. The van der Waals surface area contributed by atoms with Gasteiger partial charge in [-0.2, -0.15) is 0 Å². The van der Waals surface area contributed by atoms with Crippen LogP contribution < -0.4 is 4.90 Å². The summed E-state index contributed by atoms with van der Waals surface area (Å²) in [5.41, 5.74) is 5.39. The third-order valence-corrected chi connectivity index (χ3v) is 8.99. The Kier molecular flexibility index (Phi) is 5.55. The van der Waals surface area contributed by atoms with Gasteiger partial charge in [-0.15, -0.1) is 0 Å². The van der Waals surface area contributed by atoms with Crippen molar-refractivity contribution in [3.8, 4) is 0 Å². The first-order chi connectivity index (χ1) is 16.8. The molecule has 1 amide bonds. The van der Waals surface area contributed by atoms with Crippen LogP contribution >= 0.6 is 11.8 Å². The van der Waals surface area contributed by atoms with Crippen LogP contribution in [0.2, 0.25) is 0 Å². The van der Waals surface area contributed by atoms with Crippen LogP contribution in [0, 0.1) is 0 Å². The van der Waals surface area contributed by atoms with Crippen molar-refractivity contribution in [2.75, 3.05) is 24.2 Å². The van der Waals surface area contributed by atoms with Crippen molar-refractivity contribution in [1.29, 1.82) is 0 Å². The van der Waals surface area contributed by atoms with Gasteiger partial charge in [-0.25, -0.2) is 14.8 Å². The number of amides is 1. The molecule has 6 nitrogen and oxygen atoms in total. The van der Waals surface area contributed by atoms with Crippen molar-refractivity contribution in [2.24, 2.45) is 0 Å². The Balaban J connectivity index is 1.29. The van der Waals surface area contributed by atoms with E-state index in [-0.39, 0.29) is 23.6 Å². The van der Waals surface area contributed by atoms with E-state index in [0.717, 1.165) is 56.2 Å². The average Bonchev–Trinajstić information content (AvgIpc) is 3.31. The average molecular weight is 493 g/mol. The molecule has 3 heterocycles. The smallest absolute Gasteiger partial charge is 0.410 e. The van der Waals surface area contributed by atoms with E-state index in [2.05, 4.69) is 35.4 Å². The highest BCUT2D eigenvalue weighted by atomic mass is 32.2. The highest BCUT2D eigenvalue weighted by Crippen LogP contribution is 2.49. The lowest BCUT2D eigenvalue weighted by molar-refractivity contribution is 0.0122. The van der Waals surface area contributed by atoms with Crippen molar-refractivity contribution in [1.82, 2.24) is 14.9 Å². The van der Waals surface area contributed by atoms with Crippen LogP contribution in [-0.4, -0.2) is 58.0 Å². The van der Waals surface area contributed by atoms with E-state index < -0.39 is 5.60 Å². The SMILES string of the molecule is CSc1nc2c(c(N3CC4CCC(C3)N4C(=O)OC(C)(C)C)n1)CCC1(CCc3ccccc31)C2. The summed E-state index contributed by atoms with van der Waals surface area (Å²) in [6.45, 7) is 7.46. The Hall–Kier alpha value is -2.28. The van der Waals surface area contributed by atoms with Gasteiger partial charge in [0.15, 0.2) is 5.16 Å². The lowest BCUT2D eigenvalue weighted by Gasteiger charge is -2.43. The molecule has 1 spiro atoms. The van der Waals surface area contributed by atoms with E-state index >= 15 is 0 Å². The summed E-state index contributed by atoms with van der Waals surface area (Å²) < 4.78 is 5.75. The zero-order valence-electron chi connectivity index (χ0n) is 21.3. The fourth-order valence-electron chi connectivity index (χ4n) is 6.92. The number of fused-ring (bicyclic) bond motifs is 5. The first-order valence-electron chi connectivity index (χ1n) is 13.0. The van der Waals surface area contributed by atoms with Crippen molar-refractivity contribution >= 4 is 23.7 Å². The second-order valence-corrected chi connectivity index (χ2v) is 12.5. The second-order valence-electron chi connectivity index (χ2n) is 11.8. The van der Waals surface area contributed by atoms with E-state index in [1.807, 2.05) is 25.7 Å². The maximum atomic E-state index is 13.0. The van der Waals surface area contributed by atoms with Gasteiger partial charge in [0.25, 0.3) is 0 Å². The Morgan fingerprint density at radius 2 is 1.80 bits per heavy atom. The van der Waals surface area contributed by atoms with Crippen molar-refractivity contribution in [3.63, 3.8) is 0 Å². The number of thioether (sulfide) groups is 1. The minimum Gasteiger partial charge on any atom is -0.444 e. The van der Waals surface area contributed by atoms with Crippen LogP contribution in [0.1, 0.15) is 68.8 Å². The molecule has 7 heteroatoms. The van der Waals surface area contributed by atoms with Crippen LogP contribution in [0.25, 0.3) is 0 Å². The third-order valence-electron chi connectivity index (χ3n) is 8.44. The first kappa shape index (κ1) is 23.1. The normalized spacial score (nSPS) is 27.2. The van der Waals surface area contributed by atoms with E-state index in [1.165, 1.54) is 29.7 Å². The number of aryl methyl sites for hydroxylation is 1. The number of nitrogens with zero attached hydrogens (tertiary/aromatic N) is 4. The Bertz CT molecular complexity index is 1150. The fraction of sp³-hybridized carbons (Fsp3) is 0.607. The predicted molar refractivity (Wildman–Crippen MR) is 139 cm³/mol. The maximum Gasteiger partial charge on any atom is 0.410 e. The van der Waals surface area contributed by atoms with Gasteiger partial charge in [0.2, 0.25) is 0 Å². The highest BCUT2D eigenvalue weighted by molar-refractivity contribution is 7.98. The lowest BCUT2D eigenvalue weighted by atomic mass is 9.69. The summed E-state index contributed by atoms with van der Waals surface area (Å²) in [5, 5.41) is 0.865. The van der Waals surface area contributed by atoms with E-state index in [4.69, 9.17) is 14.7 Å². The lowest BCUT2D eigenvalue weighted by Crippen LogP contribution is -2.57. The molecule has 4 aliphatic rings. The molecule has 35 heavy (non-hydrogen) atoms. The molecule has 2 aliphatic heterocycles. The van der Waals surface area contributed by atoms with Gasteiger partial charge in [-0.1, -0.05) is 36.0 Å². The minimum atomic E-state index is -0.471. The van der Waals surface area contributed by atoms with Gasteiger partial charge in [-0.05, 0) is 83.1 Å². The number of anilines is 1. The summed E-state index contributed by atoms with van der Waals surface area (Å²) >= 11 is 1.63. The first-order valence-corrected chi connectivity index (χ1v) is 14.3. The summed E-state index contributed by atoms with van der Waals surface area (Å²) in [4.78, 5) is 27.5. The number of rotatable bonds is 2. The summed E-state index contributed by atoms with van der Waals surface area (Å²) in [6, 6.07) is 9.38. The number of carbonyl (C=O) groups excluding carboxylic acids is 1. The fourth-order valence-corrected chi connectivity index (χ4v) is 7.30. The molecule has 2 fully saturated rings. The van der Waals surface area contributed by atoms with Crippen LogP contribution in [0.4, 0.5) is 10.6 Å². The van der Waals surface area contributed by atoms with Gasteiger partial charge < -0.3 is 9.64 Å². The highest BCUT2D eigenvalue weighted by Gasteiger charge is 2.47. The Morgan fingerprint density at radius 3 is 2.51 bits per heavy atom.